The number of halogens is 1. The van der Waals surface area contributed by atoms with Crippen LogP contribution in [0.1, 0.15) is 18.5 Å². The van der Waals surface area contributed by atoms with Gasteiger partial charge in [-0.15, -0.1) is 0 Å². The molecule has 2 N–H and O–H groups in total. The first-order valence-electron chi connectivity index (χ1n) is 8.44. The number of carbonyl (C=O) groups is 1. The minimum absolute atomic E-state index is 0.165. The number of aryl methyl sites for hydroxylation is 1. The first kappa shape index (κ1) is 18.1. The van der Waals surface area contributed by atoms with E-state index in [9.17, 15) is 14.0 Å². The molecule has 0 saturated carbocycles. The Kier molecular flexibility index (Phi) is 5.96. The van der Waals surface area contributed by atoms with Crippen molar-refractivity contribution in [3.8, 4) is 5.75 Å². The zero-order valence-corrected chi connectivity index (χ0v) is 14.1. The van der Waals surface area contributed by atoms with Crippen molar-refractivity contribution in [2.24, 2.45) is 0 Å². The van der Waals surface area contributed by atoms with Gasteiger partial charge in [-0.3, -0.25) is 9.59 Å². The van der Waals surface area contributed by atoms with Crippen LogP contribution in [0.25, 0.3) is 0 Å². The van der Waals surface area contributed by atoms with Crippen molar-refractivity contribution >= 4 is 5.91 Å². The third-order valence-electron chi connectivity index (χ3n) is 4.07. The van der Waals surface area contributed by atoms with E-state index in [0.717, 1.165) is 0 Å². The Morgan fingerprint density at radius 2 is 2.27 bits per heavy atom. The number of H-pyrrole nitrogens is 1. The van der Waals surface area contributed by atoms with Crippen molar-refractivity contribution in [3.05, 3.63) is 58.3 Å². The molecule has 3 rings (SSSR count). The summed E-state index contributed by atoms with van der Waals surface area (Å²) in [5.41, 5.74) is 0.349. The zero-order valence-electron chi connectivity index (χ0n) is 14.1. The standard InChI is InChI=1S/C18H20FN3O4/c19-12-2-1-3-14(10-12)26-16-8-9-25-11-15(16)20-17(23)6-4-13-5-7-18(24)22-21-13/h1-3,5,7,10,15-16H,4,6,8-9,11H2,(H,20,23)(H,22,24)/t15-,16+/m1/s1. The average molecular weight is 361 g/mol. The second kappa shape index (κ2) is 8.57. The first-order chi connectivity index (χ1) is 12.6. The molecule has 0 radical (unpaired) electrons. The molecule has 2 aromatic rings. The highest BCUT2D eigenvalue weighted by atomic mass is 19.1. The monoisotopic (exact) mass is 361 g/mol. The molecule has 1 aliphatic heterocycles. The van der Waals surface area contributed by atoms with E-state index >= 15 is 0 Å². The van der Waals surface area contributed by atoms with Gasteiger partial charge in [-0.2, -0.15) is 5.10 Å². The van der Waals surface area contributed by atoms with Gasteiger partial charge < -0.3 is 14.8 Å². The van der Waals surface area contributed by atoms with Crippen molar-refractivity contribution in [2.75, 3.05) is 13.2 Å². The predicted molar refractivity (Wildman–Crippen MR) is 91.4 cm³/mol. The van der Waals surface area contributed by atoms with Crippen molar-refractivity contribution < 1.29 is 18.7 Å². The van der Waals surface area contributed by atoms with Gasteiger partial charge in [-0.05, 0) is 18.2 Å². The third-order valence-corrected chi connectivity index (χ3v) is 4.07. The first-order valence-corrected chi connectivity index (χ1v) is 8.44. The maximum Gasteiger partial charge on any atom is 0.264 e. The Hall–Kier alpha value is -2.74. The molecule has 1 saturated heterocycles. The third kappa shape index (κ3) is 5.13. The van der Waals surface area contributed by atoms with Gasteiger partial charge >= 0.3 is 0 Å². The van der Waals surface area contributed by atoms with Crippen molar-refractivity contribution in [3.63, 3.8) is 0 Å². The molecule has 26 heavy (non-hydrogen) atoms. The zero-order chi connectivity index (χ0) is 18.4. The van der Waals surface area contributed by atoms with Gasteiger partial charge in [0.05, 0.1) is 24.9 Å². The van der Waals surface area contributed by atoms with Gasteiger partial charge in [-0.1, -0.05) is 6.07 Å². The molecule has 0 unspecified atom stereocenters. The van der Waals surface area contributed by atoms with Crippen LogP contribution in [0.3, 0.4) is 0 Å². The molecular weight excluding hydrogens is 341 g/mol. The maximum absolute atomic E-state index is 13.3. The lowest BCUT2D eigenvalue weighted by atomic mass is 10.1. The quantitative estimate of drug-likeness (QED) is 0.806. The smallest absolute Gasteiger partial charge is 0.264 e. The van der Waals surface area contributed by atoms with Crippen LogP contribution in [0.15, 0.2) is 41.2 Å². The lowest BCUT2D eigenvalue weighted by Crippen LogP contribution is -2.51. The summed E-state index contributed by atoms with van der Waals surface area (Å²) >= 11 is 0. The fourth-order valence-electron chi connectivity index (χ4n) is 2.74. The number of hydrogen-bond acceptors (Lipinski definition) is 5. The van der Waals surface area contributed by atoms with Crippen LogP contribution in [0, 0.1) is 5.82 Å². The molecule has 0 aliphatic carbocycles. The summed E-state index contributed by atoms with van der Waals surface area (Å²) in [6.07, 6.45) is 0.942. The fourth-order valence-corrected chi connectivity index (χ4v) is 2.74. The van der Waals surface area contributed by atoms with Gasteiger partial charge in [-0.25, -0.2) is 9.49 Å². The lowest BCUT2D eigenvalue weighted by Gasteiger charge is -2.32. The van der Waals surface area contributed by atoms with Gasteiger partial charge in [0.15, 0.2) is 0 Å². The van der Waals surface area contributed by atoms with E-state index in [1.54, 1.807) is 18.2 Å². The number of nitrogens with zero attached hydrogens (tertiary/aromatic N) is 1. The van der Waals surface area contributed by atoms with Crippen LogP contribution < -0.4 is 15.6 Å². The van der Waals surface area contributed by atoms with E-state index in [2.05, 4.69) is 15.5 Å². The Labute approximate surface area is 149 Å². The van der Waals surface area contributed by atoms with Crippen LogP contribution in [0.4, 0.5) is 4.39 Å². The summed E-state index contributed by atoms with van der Waals surface area (Å²) in [4.78, 5) is 23.2. The lowest BCUT2D eigenvalue weighted by molar-refractivity contribution is -0.124. The van der Waals surface area contributed by atoms with E-state index in [1.807, 2.05) is 0 Å². The van der Waals surface area contributed by atoms with Gasteiger partial charge in [0.2, 0.25) is 5.91 Å². The number of benzene rings is 1. The van der Waals surface area contributed by atoms with E-state index in [-0.39, 0.29) is 35.9 Å². The molecule has 1 amide bonds. The number of carbonyl (C=O) groups excluding carboxylic acids is 1. The van der Waals surface area contributed by atoms with Crippen LogP contribution in [-0.4, -0.2) is 41.5 Å². The highest BCUT2D eigenvalue weighted by molar-refractivity contribution is 5.76. The summed E-state index contributed by atoms with van der Waals surface area (Å²) in [7, 11) is 0. The molecule has 1 aromatic heterocycles. The maximum atomic E-state index is 13.3. The Bertz CT molecular complexity index is 791. The topological polar surface area (TPSA) is 93.3 Å². The molecule has 1 aliphatic rings. The Morgan fingerprint density at radius 3 is 3.04 bits per heavy atom. The highest BCUT2D eigenvalue weighted by Crippen LogP contribution is 2.19. The van der Waals surface area contributed by atoms with E-state index in [1.165, 1.54) is 18.2 Å². The molecule has 138 valence electrons. The normalized spacial score (nSPS) is 19.7. The minimum atomic E-state index is -0.372. The summed E-state index contributed by atoms with van der Waals surface area (Å²) in [6.45, 7) is 0.857. The number of aromatic amines is 1. The number of nitrogens with one attached hydrogen (secondary N) is 2. The summed E-state index contributed by atoms with van der Waals surface area (Å²) in [6, 6.07) is 8.57. The van der Waals surface area contributed by atoms with E-state index in [0.29, 0.717) is 37.5 Å². The second-order valence-corrected chi connectivity index (χ2v) is 6.06. The van der Waals surface area contributed by atoms with E-state index < -0.39 is 0 Å². The van der Waals surface area contributed by atoms with Crippen molar-refractivity contribution in [1.82, 2.24) is 15.5 Å². The summed E-state index contributed by atoms with van der Waals surface area (Å²) < 4.78 is 24.6. The Morgan fingerprint density at radius 1 is 1.38 bits per heavy atom. The van der Waals surface area contributed by atoms with Crippen LogP contribution in [-0.2, 0) is 16.0 Å². The molecule has 0 spiro atoms. The fraction of sp³-hybridized carbons (Fsp3) is 0.389. The van der Waals surface area contributed by atoms with Crippen molar-refractivity contribution in [1.29, 1.82) is 0 Å². The highest BCUT2D eigenvalue weighted by Gasteiger charge is 2.29. The van der Waals surface area contributed by atoms with Gasteiger partial charge in [0, 0.05) is 31.4 Å². The number of ether oxygens (including phenoxy) is 2. The van der Waals surface area contributed by atoms with Gasteiger partial charge in [0.1, 0.15) is 17.7 Å². The largest absolute Gasteiger partial charge is 0.488 e. The average Bonchev–Trinajstić information content (AvgIpc) is 2.63. The van der Waals surface area contributed by atoms with Crippen LogP contribution in [0.2, 0.25) is 0 Å². The molecule has 2 heterocycles. The Balaban J connectivity index is 1.54. The summed E-state index contributed by atoms with van der Waals surface area (Å²) in [5, 5.41) is 9.11. The second-order valence-electron chi connectivity index (χ2n) is 6.06. The summed E-state index contributed by atoms with van der Waals surface area (Å²) in [5.74, 6) is -0.113. The molecular formula is C18H20FN3O4. The number of hydrogen-bond donors (Lipinski definition) is 2. The molecule has 7 nitrogen and oxygen atoms in total. The minimum Gasteiger partial charge on any atom is -0.488 e. The number of rotatable bonds is 6. The molecule has 2 atom stereocenters. The SMILES string of the molecule is O=C(CCc1ccc(=O)[nH]n1)N[C@@H]1COCC[C@@H]1Oc1cccc(F)c1. The van der Waals surface area contributed by atoms with Crippen molar-refractivity contribution in [2.45, 2.75) is 31.4 Å². The van der Waals surface area contributed by atoms with Crippen LogP contribution in [0.5, 0.6) is 5.75 Å². The van der Waals surface area contributed by atoms with Crippen LogP contribution >= 0.6 is 0 Å². The molecule has 1 fully saturated rings. The number of aromatic nitrogens is 2. The predicted octanol–water partition coefficient (Wildman–Crippen LogP) is 1.19. The molecule has 0 bridgehead atoms. The molecule has 1 aromatic carbocycles. The molecule has 8 heteroatoms. The van der Waals surface area contributed by atoms with E-state index in [4.69, 9.17) is 9.47 Å². The van der Waals surface area contributed by atoms with Gasteiger partial charge in [0.25, 0.3) is 5.56 Å². The number of amides is 1.